The van der Waals surface area contributed by atoms with E-state index < -0.39 is 17.2 Å². The monoisotopic (exact) mass is 369 g/mol. The molecule has 26 heavy (non-hydrogen) atoms. The molecular formula is C17H18F3N3O3. The van der Waals surface area contributed by atoms with E-state index in [4.69, 9.17) is 9.47 Å². The van der Waals surface area contributed by atoms with Crippen molar-refractivity contribution in [3.63, 3.8) is 0 Å². The zero-order valence-corrected chi connectivity index (χ0v) is 14.0. The number of aliphatic hydroxyl groups excluding tert-OH is 1. The molecule has 0 atom stereocenters. The van der Waals surface area contributed by atoms with Gasteiger partial charge >= 0.3 is 6.18 Å². The molecule has 0 bridgehead atoms. The minimum atomic E-state index is -4.39. The summed E-state index contributed by atoms with van der Waals surface area (Å²) < 4.78 is 49.9. The van der Waals surface area contributed by atoms with E-state index in [1.807, 2.05) is 6.92 Å². The lowest BCUT2D eigenvalue weighted by atomic mass is 9.91. The van der Waals surface area contributed by atoms with Crippen LogP contribution in [-0.4, -0.2) is 46.5 Å². The molecule has 2 aromatic rings. The Kier molecular flexibility index (Phi) is 5.12. The zero-order chi connectivity index (χ0) is 18.8. The fourth-order valence-electron chi connectivity index (χ4n) is 2.59. The largest absolute Gasteiger partial charge is 0.416 e. The highest BCUT2D eigenvalue weighted by Crippen LogP contribution is 2.29. The molecule has 0 saturated carbocycles. The molecule has 0 aliphatic carbocycles. The molecule has 6 nitrogen and oxygen atoms in total. The van der Waals surface area contributed by atoms with E-state index in [0.717, 1.165) is 12.1 Å². The smallest absolute Gasteiger partial charge is 0.390 e. The van der Waals surface area contributed by atoms with Gasteiger partial charge in [0, 0.05) is 0 Å². The Labute approximate surface area is 147 Å². The fraction of sp³-hybridized carbons (Fsp3) is 0.412. The Morgan fingerprint density at radius 1 is 1.27 bits per heavy atom. The topological polar surface area (TPSA) is 69.4 Å². The molecule has 0 unspecified atom stereocenters. The molecule has 1 fully saturated rings. The number of alkyl halides is 3. The summed E-state index contributed by atoms with van der Waals surface area (Å²) in [5.74, 6) is 0.504. The van der Waals surface area contributed by atoms with Crippen molar-refractivity contribution in [1.29, 1.82) is 0 Å². The van der Waals surface area contributed by atoms with Gasteiger partial charge in [-0.2, -0.15) is 18.3 Å². The van der Waals surface area contributed by atoms with Gasteiger partial charge in [0.2, 0.25) is 0 Å². The summed E-state index contributed by atoms with van der Waals surface area (Å²) in [5, 5.41) is 14.0. The van der Waals surface area contributed by atoms with E-state index in [2.05, 4.69) is 10.1 Å². The molecule has 3 rings (SSSR count). The standard InChI is InChI=1S/C17H18F3N3O3/c1-16(8-25-11-26-9-16)15-21-10-23(22-15)14(7-24)6-12-2-4-13(5-3-12)17(18,19)20/h2-6,10,24H,7-9,11H2,1H3. The summed E-state index contributed by atoms with van der Waals surface area (Å²) in [4.78, 5) is 4.26. The first-order valence-electron chi connectivity index (χ1n) is 7.88. The van der Waals surface area contributed by atoms with Crippen molar-refractivity contribution >= 4 is 11.8 Å². The molecule has 1 aromatic carbocycles. The lowest BCUT2D eigenvalue weighted by Crippen LogP contribution is -2.39. The zero-order valence-electron chi connectivity index (χ0n) is 14.0. The summed E-state index contributed by atoms with van der Waals surface area (Å²) in [6, 6.07) is 4.65. The number of halogens is 3. The van der Waals surface area contributed by atoms with Gasteiger partial charge in [0.25, 0.3) is 0 Å². The summed E-state index contributed by atoms with van der Waals surface area (Å²) in [5.41, 5.74) is -0.342. The number of aromatic nitrogens is 3. The number of hydrogen-bond donors (Lipinski definition) is 1. The Balaban J connectivity index is 1.84. The third kappa shape index (κ3) is 3.95. The number of nitrogens with zero attached hydrogens (tertiary/aromatic N) is 3. The third-order valence-electron chi connectivity index (χ3n) is 4.07. The number of aliphatic hydroxyl groups is 1. The highest BCUT2D eigenvalue weighted by Gasteiger charge is 2.34. The summed E-state index contributed by atoms with van der Waals surface area (Å²) in [6.07, 6.45) is -1.39. The summed E-state index contributed by atoms with van der Waals surface area (Å²) >= 11 is 0. The van der Waals surface area contributed by atoms with E-state index >= 15 is 0 Å². The van der Waals surface area contributed by atoms with Crippen LogP contribution in [0.4, 0.5) is 13.2 Å². The van der Waals surface area contributed by atoms with E-state index in [1.54, 1.807) is 6.08 Å². The van der Waals surface area contributed by atoms with Crippen LogP contribution in [-0.2, 0) is 21.1 Å². The predicted octanol–water partition coefficient (Wildman–Crippen LogP) is 2.55. The van der Waals surface area contributed by atoms with Crippen molar-refractivity contribution < 1.29 is 27.8 Å². The second kappa shape index (κ2) is 7.18. The normalized spacial score (nSPS) is 18.1. The molecule has 1 aromatic heterocycles. The van der Waals surface area contributed by atoms with Crippen LogP contribution in [0.15, 0.2) is 30.6 Å². The average molecular weight is 369 g/mol. The van der Waals surface area contributed by atoms with Gasteiger partial charge in [-0.3, -0.25) is 0 Å². The van der Waals surface area contributed by atoms with Crippen LogP contribution in [0.2, 0.25) is 0 Å². The minimum Gasteiger partial charge on any atom is -0.390 e. The maximum atomic E-state index is 12.6. The van der Waals surface area contributed by atoms with Crippen LogP contribution in [0.5, 0.6) is 0 Å². The van der Waals surface area contributed by atoms with E-state index in [1.165, 1.54) is 23.1 Å². The molecule has 9 heteroatoms. The van der Waals surface area contributed by atoms with Crippen molar-refractivity contribution in [2.24, 2.45) is 0 Å². The fourth-order valence-corrected chi connectivity index (χ4v) is 2.59. The first-order valence-corrected chi connectivity index (χ1v) is 7.88. The van der Waals surface area contributed by atoms with Gasteiger partial charge in [0.15, 0.2) is 5.82 Å². The van der Waals surface area contributed by atoms with Crippen molar-refractivity contribution in [2.75, 3.05) is 26.6 Å². The molecule has 0 radical (unpaired) electrons. The maximum absolute atomic E-state index is 12.6. The Hall–Kier alpha value is -2.23. The first-order chi connectivity index (χ1) is 12.3. The van der Waals surface area contributed by atoms with Crippen molar-refractivity contribution in [2.45, 2.75) is 18.5 Å². The quantitative estimate of drug-likeness (QED) is 0.897. The Morgan fingerprint density at radius 3 is 2.50 bits per heavy atom. The first kappa shape index (κ1) is 18.6. The lowest BCUT2D eigenvalue weighted by Gasteiger charge is -2.30. The number of hydrogen-bond acceptors (Lipinski definition) is 5. The molecule has 0 spiro atoms. The van der Waals surface area contributed by atoms with Gasteiger partial charge in [0.1, 0.15) is 13.1 Å². The minimum absolute atomic E-state index is 0.228. The number of rotatable bonds is 4. The van der Waals surface area contributed by atoms with Gasteiger partial charge in [-0.15, -0.1) is 0 Å². The molecule has 0 amide bonds. The third-order valence-corrected chi connectivity index (χ3v) is 4.07. The van der Waals surface area contributed by atoms with Gasteiger partial charge in [-0.1, -0.05) is 12.1 Å². The van der Waals surface area contributed by atoms with Gasteiger partial charge in [0.05, 0.1) is 36.5 Å². The average Bonchev–Trinajstić information content (AvgIpc) is 3.11. The Bertz CT molecular complexity index is 779. The highest BCUT2D eigenvalue weighted by atomic mass is 19.4. The number of ether oxygens (including phenoxy) is 2. The van der Waals surface area contributed by atoms with Gasteiger partial charge in [-0.25, -0.2) is 9.67 Å². The predicted molar refractivity (Wildman–Crippen MR) is 86.8 cm³/mol. The van der Waals surface area contributed by atoms with Crippen LogP contribution >= 0.6 is 0 Å². The summed E-state index contributed by atoms with van der Waals surface area (Å²) in [7, 11) is 0. The SMILES string of the molecule is CC1(c2ncn(C(=Cc3ccc(C(F)(F)F)cc3)CO)n2)COCOC1. The molecule has 2 heterocycles. The Morgan fingerprint density at radius 2 is 1.92 bits per heavy atom. The van der Waals surface area contributed by atoms with Crippen LogP contribution in [0.3, 0.4) is 0 Å². The maximum Gasteiger partial charge on any atom is 0.416 e. The molecule has 1 saturated heterocycles. The van der Waals surface area contributed by atoms with E-state index in [-0.39, 0.29) is 13.4 Å². The summed E-state index contributed by atoms with van der Waals surface area (Å²) in [6.45, 7) is 2.60. The van der Waals surface area contributed by atoms with Crippen LogP contribution in [0.25, 0.3) is 11.8 Å². The van der Waals surface area contributed by atoms with E-state index in [9.17, 15) is 18.3 Å². The molecule has 1 N–H and O–H groups in total. The molecule has 1 aliphatic heterocycles. The molecule has 1 aliphatic rings. The van der Waals surface area contributed by atoms with Crippen molar-refractivity contribution in [3.8, 4) is 0 Å². The van der Waals surface area contributed by atoms with Gasteiger partial charge in [-0.05, 0) is 30.7 Å². The highest BCUT2D eigenvalue weighted by molar-refractivity contribution is 5.70. The van der Waals surface area contributed by atoms with Crippen LogP contribution in [0.1, 0.15) is 23.9 Å². The van der Waals surface area contributed by atoms with Crippen LogP contribution < -0.4 is 0 Å². The second-order valence-corrected chi connectivity index (χ2v) is 6.30. The number of benzene rings is 1. The van der Waals surface area contributed by atoms with Crippen LogP contribution in [0, 0.1) is 0 Å². The van der Waals surface area contributed by atoms with Crippen molar-refractivity contribution in [1.82, 2.24) is 14.8 Å². The molecule has 140 valence electrons. The lowest BCUT2D eigenvalue weighted by molar-refractivity contribution is -0.137. The van der Waals surface area contributed by atoms with Crippen molar-refractivity contribution in [3.05, 3.63) is 47.5 Å². The van der Waals surface area contributed by atoms with E-state index in [0.29, 0.717) is 30.3 Å². The van der Waals surface area contributed by atoms with Gasteiger partial charge < -0.3 is 14.6 Å². The second-order valence-electron chi connectivity index (χ2n) is 6.30. The molecular weight excluding hydrogens is 351 g/mol.